The molecule has 2 rings (SSSR count). The molecule has 0 atom stereocenters. The number of likely N-dealkylation sites (N-methyl/N-ethyl adjacent to an activating group) is 1. The van der Waals surface area contributed by atoms with E-state index >= 15 is 0 Å². The van der Waals surface area contributed by atoms with Crippen LogP contribution in [0.25, 0.3) is 0 Å². The van der Waals surface area contributed by atoms with Gasteiger partial charge in [-0.2, -0.15) is 0 Å². The predicted octanol–water partition coefficient (Wildman–Crippen LogP) is 3.19. The van der Waals surface area contributed by atoms with Gasteiger partial charge in [0, 0.05) is 18.3 Å². The Kier molecular flexibility index (Phi) is 6.60. The second kappa shape index (κ2) is 8.89. The summed E-state index contributed by atoms with van der Waals surface area (Å²) in [5, 5.41) is 2.75. The first-order valence-electron chi connectivity index (χ1n) is 8.35. The van der Waals surface area contributed by atoms with E-state index < -0.39 is 0 Å². The zero-order valence-corrected chi connectivity index (χ0v) is 15.5. The number of benzene rings is 2. The number of nitrogens with one attached hydrogen (secondary N) is 1. The van der Waals surface area contributed by atoms with Crippen LogP contribution in [0.5, 0.6) is 11.5 Å². The summed E-state index contributed by atoms with van der Waals surface area (Å²) in [6.45, 7) is 3.77. The maximum atomic E-state index is 12.6. The Morgan fingerprint density at radius 1 is 1.08 bits per heavy atom. The quantitative estimate of drug-likeness (QED) is 0.827. The first-order chi connectivity index (χ1) is 12.4. The highest BCUT2D eigenvalue weighted by molar-refractivity contribution is 5.99. The number of amides is 2. The zero-order valence-electron chi connectivity index (χ0n) is 15.5. The molecule has 0 unspecified atom stereocenters. The summed E-state index contributed by atoms with van der Waals surface area (Å²) < 4.78 is 11.0. The molecule has 2 aromatic rings. The maximum Gasteiger partial charge on any atom is 0.254 e. The molecule has 0 saturated heterocycles. The standard InChI is InChI=1S/C20H24N2O4/c1-14(2)26-17-11-10-15(12-18(17)25-4)20(24)22(3)13-19(23)21-16-8-6-5-7-9-16/h5-12,14H,13H2,1-4H3,(H,21,23). The molecule has 6 nitrogen and oxygen atoms in total. The van der Waals surface area contributed by atoms with Gasteiger partial charge in [-0.1, -0.05) is 18.2 Å². The summed E-state index contributed by atoms with van der Waals surface area (Å²) in [5.74, 6) is 0.511. The highest BCUT2D eigenvalue weighted by atomic mass is 16.5. The number of nitrogens with zero attached hydrogens (tertiary/aromatic N) is 1. The van der Waals surface area contributed by atoms with Gasteiger partial charge in [0.2, 0.25) is 5.91 Å². The maximum absolute atomic E-state index is 12.6. The third-order valence-electron chi connectivity index (χ3n) is 3.56. The first kappa shape index (κ1) is 19.3. The normalized spacial score (nSPS) is 10.3. The topological polar surface area (TPSA) is 67.9 Å². The zero-order chi connectivity index (χ0) is 19.1. The van der Waals surface area contributed by atoms with Crippen LogP contribution < -0.4 is 14.8 Å². The van der Waals surface area contributed by atoms with Crippen LogP contribution in [0, 0.1) is 0 Å². The van der Waals surface area contributed by atoms with Gasteiger partial charge in [0.1, 0.15) is 0 Å². The van der Waals surface area contributed by atoms with Gasteiger partial charge in [0.15, 0.2) is 11.5 Å². The largest absolute Gasteiger partial charge is 0.493 e. The second-order valence-corrected chi connectivity index (χ2v) is 6.11. The van der Waals surface area contributed by atoms with Crippen LogP contribution in [0.15, 0.2) is 48.5 Å². The van der Waals surface area contributed by atoms with E-state index in [1.54, 1.807) is 37.4 Å². The van der Waals surface area contributed by atoms with E-state index in [0.717, 1.165) is 0 Å². The Hall–Kier alpha value is -3.02. The lowest BCUT2D eigenvalue weighted by molar-refractivity contribution is -0.116. The number of para-hydroxylation sites is 1. The molecule has 0 aromatic heterocycles. The van der Waals surface area contributed by atoms with Crippen molar-refractivity contribution in [3.63, 3.8) is 0 Å². The summed E-state index contributed by atoms with van der Waals surface area (Å²) in [6.07, 6.45) is -0.00481. The number of carbonyl (C=O) groups is 2. The van der Waals surface area contributed by atoms with Gasteiger partial charge < -0.3 is 19.7 Å². The van der Waals surface area contributed by atoms with E-state index in [-0.39, 0.29) is 24.5 Å². The Morgan fingerprint density at radius 3 is 2.38 bits per heavy atom. The van der Waals surface area contributed by atoms with Gasteiger partial charge in [-0.25, -0.2) is 0 Å². The first-order valence-corrected chi connectivity index (χ1v) is 8.35. The number of anilines is 1. The third-order valence-corrected chi connectivity index (χ3v) is 3.56. The summed E-state index contributed by atoms with van der Waals surface area (Å²) in [7, 11) is 3.10. The molecule has 0 spiro atoms. The van der Waals surface area contributed by atoms with Crippen LogP contribution in [0.3, 0.4) is 0 Å². The SMILES string of the molecule is COc1cc(C(=O)N(C)CC(=O)Nc2ccccc2)ccc1OC(C)C. The van der Waals surface area contributed by atoms with Crippen LogP contribution in [-0.2, 0) is 4.79 Å². The lowest BCUT2D eigenvalue weighted by Gasteiger charge is -2.18. The van der Waals surface area contributed by atoms with E-state index in [2.05, 4.69) is 5.32 Å². The molecule has 1 N–H and O–H groups in total. The molecular weight excluding hydrogens is 332 g/mol. The third kappa shape index (κ3) is 5.24. The van der Waals surface area contributed by atoms with Crippen molar-refractivity contribution < 1.29 is 19.1 Å². The molecule has 2 aromatic carbocycles. The van der Waals surface area contributed by atoms with Crippen molar-refractivity contribution in [3.8, 4) is 11.5 Å². The Labute approximate surface area is 153 Å². The van der Waals surface area contributed by atoms with Gasteiger partial charge in [-0.05, 0) is 44.2 Å². The van der Waals surface area contributed by atoms with Gasteiger partial charge in [0.05, 0.1) is 19.8 Å². The molecule has 26 heavy (non-hydrogen) atoms. The fraction of sp³-hybridized carbons (Fsp3) is 0.300. The minimum Gasteiger partial charge on any atom is -0.493 e. The highest BCUT2D eigenvalue weighted by Gasteiger charge is 2.17. The fourth-order valence-corrected chi connectivity index (χ4v) is 2.38. The van der Waals surface area contributed by atoms with Crippen LogP contribution in [-0.4, -0.2) is 43.5 Å². The lowest BCUT2D eigenvalue weighted by atomic mass is 10.1. The van der Waals surface area contributed by atoms with Crippen LogP contribution in [0.2, 0.25) is 0 Å². The summed E-state index contributed by atoms with van der Waals surface area (Å²) in [4.78, 5) is 26.0. The summed E-state index contributed by atoms with van der Waals surface area (Å²) in [5.41, 5.74) is 1.11. The van der Waals surface area contributed by atoms with Crippen molar-refractivity contribution in [2.45, 2.75) is 20.0 Å². The molecule has 0 bridgehead atoms. The van der Waals surface area contributed by atoms with Crippen molar-refractivity contribution in [1.82, 2.24) is 4.90 Å². The summed E-state index contributed by atoms with van der Waals surface area (Å²) in [6, 6.07) is 14.1. The Bertz CT molecular complexity index is 760. The Morgan fingerprint density at radius 2 is 1.77 bits per heavy atom. The number of rotatable bonds is 7. The van der Waals surface area contributed by atoms with E-state index in [1.165, 1.54) is 12.0 Å². The number of carbonyl (C=O) groups excluding carboxylic acids is 2. The van der Waals surface area contributed by atoms with Crippen molar-refractivity contribution >= 4 is 17.5 Å². The van der Waals surface area contributed by atoms with Crippen molar-refractivity contribution in [3.05, 3.63) is 54.1 Å². The van der Waals surface area contributed by atoms with Gasteiger partial charge in [-0.15, -0.1) is 0 Å². The van der Waals surface area contributed by atoms with Gasteiger partial charge in [-0.3, -0.25) is 9.59 Å². The average molecular weight is 356 g/mol. The smallest absolute Gasteiger partial charge is 0.254 e. The number of methoxy groups -OCH3 is 1. The second-order valence-electron chi connectivity index (χ2n) is 6.11. The van der Waals surface area contributed by atoms with Crippen molar-refractivity contribution in [2.75, 3.05) is 26.0 Å². The number of ether oxygens (including phenoxy) is 2. The molecule has 6 heteroatoms. The monoisotopic (exact) mass is 356 g/mol. The van der Waals surface area contributed by atoms with E-state index in [4.69, 9.17) is 9.47 Å². The highest BCUT2D eigenvalue weighted by Crippen LogP contribution is 2.29. The molecule has 138 valence electrons. The van der Waals surface area contributed by atoms with Crippen molar-refractivity contribution in [1.29, 1.82) is 0 Å². The molecule has 0 aliphatic rings. The van der Waals surface area contributed by atoms with E-state index in [1.807, 2.05) is 32.0 Å². The number of hydrogen-bond acceptors (Lipinski definition) is 4. The Balaban J connectivity index is 2.04. The van der Waals surface area contributed by atoms with Crippen LogP contribution in [0.4, 0.5) is 5.69 Å². The van der Waals surface area contributed by atoms with Crippen molar-refractivity contribution in [2.24, 2.45) is 0 Å². The minimum atomic E-state index is -0.275. The molecular formula is C20H24N2O4. The molecule has 0 aliphatic heterocycles. The number of hydrogen-bond donors (Lipinski definition) is 1. The van der Waals surface area contributed by atoms with E-state index in [9.17, 15) is 9.59 Å². The summed E-state index contributed by atoms with van der Waals surface area (Å²) >= 11 is 0. The predicted molar refractivity (Wildman–Crippen MR) is 101 cm³/mol. The lowest BCUT2D eigenvalue weighted by Crippen LogP contribution is -2.34. The molecule has 0 fully saturated rings. The molecule has 2 amide bonds. The van der Waals surface area contributed by atoms with Crippen LogP contribution in [0.1, 0.15) is 24.2 Å². The average Bonchev–Trinajstić information content (AvgIpc) is 2.61. The molecule has 0 aliphatic carbocycles. The molecule has 0 radical (unpaired) electrons. The van der Waals surface area contributed by atoms with E-state index in [0.29, 0.717) is 22.7 Å². The van der Waals surface area contributed by atoms with Gasteiger partial charge >= 0.3 is 0 Å². The molecule has 0 saturated carbocycles. The van der Waals surface area contributed by atoms with Gasteiger partial charge in [0.25, 0.3) is 5.91 Å². The van der Waals surface area contributed by atoms with Crippen LogP contribution >= 0.6 is 0 Å². The fourth-order valence-electron chi connectivity index (χ4n) is 2.38. The minimum absolute atomic E-state index is 0.00481. The molecule has 0 heterocycles.